The summed E-state index contributed by atoms with van der Waals surface area (Å²) in [6.45, 7) is 0. The summed E-state index contributed by atoms with van der Waals surface area (Å²) in [5, 5.41) is 35.3. The van der Waals surface area contributed by atoms with Crippen LogP contribution in [0.25, 0.3) is 285 Å². The molecule has 0 N–H and O–H groups in total. The van der Waals surface area contributed by atoms with Crippen molar-refractivity contribution in [1.29, 1.82) is 0 Å². The lowest BCUT2D eigenvalue weighted by Gasteiger charge is -2.14. The highest BCUT2D eigenvalue weighted by atomic mass is 15.0. The zero-order valence-corrected chi connectivity index (χ0v) is 79.5. The smallest absolute Gasteiger partial charge is 0.0546 e. The number of fused-ring (bicyclic) bond motifs is 29. The number of hydrogen-bond donors (Lipinski definition) is 0. The van der Waals surface area contributed by atoms with Crippen LogP contribution in [0.4, 0.5) is 0 Å². The number of nitrogens with zero attached hydrogens (tertiary/aromatic N) is 6. The second-order valence-electron chi connectivity index (χ2n) is 38.9. The lowest BCUT2D eigenvalue weighted by Crippen LogP contribution is -1.96. The molecule has 0 unspecified atom stereocenters. The summed E-state index contributed by atoms with van der Waals surface area (Å²) in [5.74, 6) is 0. The van der Waals surface area contributed by atoms with Crippen LogP contribution in [0.1, 0.15) is 0 Å². The minimum Gasteiger partial charge on any atom is -0.309 e. The van der Waals surface area contributed by atoms with Gasteiger partial charge in [-0.3, -0.25) is 0 Å². The summed E-state index contributed by atoms with van der Waals surface area (Å²) >= 11 is 0. The predicted octanol–water partition coefficient (Wildman–Crippen LogP) is 37.9. The quantitative estimate of drug-likeness (QED) is 0.129. The topological polar surface area (TPSA) is 29.6 Å². The fourth-order valence-electron chi connectivity index (χ4n) is 24.5. The van der Waals surface area contributed by atoms with E-state index in [-0.39, 0.29) is 0 Å². The minimum absolute atomic E-state index is 1.18. The van der Waals surface area contributed by atoms with Gasteiger partial charge in [-0.2, -0.15) is 0 Å². The summed E-state index contributed by atoms with van der Waals surface area (Å²) in [4.78, 5) is 0. The van der Waals surface area contributed by atoms with E-state index in [1.54, 1.807) is 0 Å². The van der Waals surface area contributed by atoms with Crippen LogP contribution in [0, 0.1) is 0 Å². The van der Waals surface area contributed by atoms with E-state index in [1.807, 2.05) is 0 Å². The molecule has 0 saturated carbocycles. The van der Waals surface area contributed by atoms with Crippen molar-refractivity contribution < 1.29 is 0 Å². The van der Waals surface area contributed by atoms with Crippen molar-refractivity contribution >= 4 is 217 Å². The first-order valence-electron chi connectivity index (χ1n) is 50.4. The second kappa shape index (κ2) is 33.1. The molecule has 0 amide bonds. The molecule has 32 aromatic rings. The number of para-hydroxylation sites is 7. The zero-order chi connectivity index (χ0) is 95.7. The Bertz CT molecular complexity index is 11100. The molecule has 0 fully saturated rings. The average molecular weight is 1850 g/mol. The van der Waals surface area contributed by atoms with Gasteiger partial charge in [0.25, 0.3) is 0 Å². The van der Waals surface area contributed by atoms with Gasteiger partial charge in [-0.05, 0) is 256 Å². The summed E-state index contributed by atoms with van der Waals surface area (Å²) in [7, 11) is 0. The molecule has 0 atom stereocenters. The number of hydrogen-bond acceptors (Lipinski definition) is 0. The van der Waals surface area contributed by atoms with Gasteiger partial charge in [0.2, 0.25) is 0 Å². The van der Waals surface area contributed by atoms with Crippen molar-refractivity contribution in [1.82, 2.24) is 27.4 Å². The van der Waals surface area contributed by atoms with Crippen LogP contribution in [0.5, 0.6) is 0 Å². The molecule has 0 saturated heterocycles. The molecule has 0 bridgehead atoms. The number of benzene rings is 26. The molecule has 6 aromatic heterocycles. The Hall–Kier alpha value is -19.4. The van der Waals surface area contributed by atoms with Crippen LogP contribution in [-0.4, -0.2) is 27.4 Å². The van der Waals surface area contributed by atoms with Gasteiger partial charge in [-0.1, -0.05) is 376 Å². The highest BCUT2D eigenvalue weighted by Crippen LogP contribution is 2.48. The van der Waals surface area contributed by atoms with Crippen LogP contribution < -0.4 is 0 Å². The Kier molecular flexibility index (Phi) is 18.7. The fourth-order valence-corrected chi connectivity index (χ4v) is 24.5. The molecule has 6 nitrogen and oxygen atoms in total. The van der Waals surface area contributed by atoms with Gasteiger partial charge < -0.3 is 27.4 Å². The van der Waals surface area contributed by atoms with E-state index in [1.165, 1.54) is 285 Å². The maximum Gasteiger partial charge on any atom is 0.0546 e. The molecule has 0 radical (unpaired) electrons. The zero-order valence-electron chi connectivity index (χ0n) is 79.5. The summed E-state index contributed by atoms with van der Waals surface area (Å²) in [6.07, 6.45) is 0. The Labute approximate surface area is 839 Å². The highest BCUT2D eigenvalue weighted by Gasteiger charge is 2.26. The van der Waals surface area contributed by atoms with Crippen molar-refractivity contribution in [3.8, 4) is 67.5 Å². The molecular formula is C140H88N6. The lowest BCUT2D eigenvalue weighted by molar-refractivity contribution is 1.18. The van der Waals surface area contributed by atoms with Crippen molar-refractivity contribution in [2.24, 2.45) is 0 Å². The Morgan fingerprint density at radius 3 is 0.651 bits per heavy atom. The summed E-state index contributed by atoms with van der Waals surface area (Å²) in [5.41, 5.74) is 29.1. The van der Waals surface area contributed by atoms with Crippen LogP contribution in [0.15, 0.2) is 534 Å². The minimum atomic E-state index is 1.18. The first-order valence-corrected chi connectivity index (χ1v) is 50.4. The molecule has 0 spiro atoms. The molecular weight excluding hydrogens is 1770 g/mol. The van der Waals surface area contributed by atoms with Crippen LogP contribution in [-0.2, 0) is 0 Å². The molecule has 0 aliphatic heterocycles. The van der Waals surface area contributed by atoms with Gasteiger partial charge in [0.15, 0.2) is 0 Å². The third-order valence-electron chi connectivity index (χ3n) is 31.0. The number of aromatic nitrogens is 6. The van der Waals surface area contributed by atoms with Gasteiger partial charge in [0.1, 0.15) is 0 Å². The second-order valence-corrected chi connectivity index (χ2v) is 38.9. The van der Waals surface area contributed by atoms with E-state index in [2.05, 4.69) is 561 Å². The molecule has 146 heavy (non-hydrogen) atoms. The van der Waals surface area contributed by atoms with Crippen LogP contribution in [0.2, 0.25) is 0 Å². The van der Waals surface area contributed by atoms with Gasteiger partial charge >= 0.3 is 0 Å². The van der Waals surface area contributed by atoms with E-state index in [9.17, 15) is 0 Å². The maximum absolute atomic E-state index is 2.46. The summed E-state index contributed by atoms with van der Waals surface area (Å²) in [6, 6.07) is 196. The number of rotatable bonds is 9. The van der Waals surface area contributed by atoms with E-state index >= 15 is 0 Å². The predicted molar refractivity (Wildman–Crippen MR) is 622 cm³/mol. The van der Waals surface area contributed by atoms with Crippen molar-refractivity contribution in [2.75, 3.05) is 0 Å². The van der Waals surface area contributed by atoms with Crippen LogP contribution >= 0.6 is 0 Å². The van der Waals surface area contributed by atoms with E-state index in [0.29, 0.717) is 0 Å². The SMILES string of the molecule is c1ccc(-n2c3ccccc3c3cc(-c4ccc5c(c4)c4ccccc4n5-c4cc5ccccc5c5ccccc45)ccc32)cc1.c1ccc2c(-n3c4ccccc4c4cc(-c5ccc6c(c5)c5ccccc5n6-c5cc6ccccc6c6ccccc56)ccc43)cccc2c1.c1ccc2cc(-n3c4ccccc4c4cc(-c5ccc6c(c5)c5ccccc5n6-c5cc6ccccc6c6ccccc56)ccc43)ccc2c1. The van der Waals surface area contributed by atoms with Gasteiger partial charge in [0, 0.05) is 97.6 Å². The lowest BCUT2D eigenvalue weighted by atomic mass is 9.99. The molecule has 0 aliphatic rings. The van der Waals surface area contributed by atoms with Crippen molar-refractivity contribution in [3.05, 3.63) is 534 Å². The Morgan fingerprint density at radius 2 is 0.315 bits per heavy atom. The third kappa shape index (κ3) is 12.9. The standard InChI is InChI=1S/2C48H30N2.C44H28N2/c1-4-16-36-31(12-1)14-11-23-43(36)49-44-21-9-7-19-39(44)41-28-32(24-26-46(41)49)33-25-27-47-42(29-33)40-20-8-10-22-45(40)50(47)48-30-34-13-2-3-15-35(34)37-17-5-6-18-38(37)48;1-2-12-32-27-36(24-21-31(32)11-1)49-44-19-9-7-17-40(44)42-28-33(22-25-46(42)49)34-23-26-47-43(29-34)41-18-8-10-20-45(41)50(47)48-30-35-13-3-4-14-37(35)38-15-5-6-16-39(38)48;1-2-13-32(14-3-1)45-40-20-10-8-18-36(40)38-26-29(22-24-42(38)45)30-23-25-43-39(27-30)37-19-9-11-21-41(37)46(43)44-28-31-12-4-5-15-33(31)34-16-6-7-17-35(34)44/h2*1-30H;1-28H. The fraction of sp³-hybridized carbons (Fsp3) is 0. The van der Waals surface area contributed by atoms with Crippen molar-refractivity contribution in [2.45, 2.75) is 0 Å². The molecule has 0 aliphatic carbocycles. The molecule has 6 heteroatoms. The van der Waals surface area contributed by atoms with E-state index < -0.39 is 0 Å². The summed E-state index contributed by atoms with van der Waals surface area (Å²) < 4.78 is 14.6. The first kappa shape index (κ1) is 82.5. The molecule has 32 rings (SSSR count). The van der Waals surface area contributed by atoms with Crippen LogP contribution in [0.3, 0.4) is 0 Å². The average Bonchev–Trinajstić information content (AvgIpc) is 1.59. The normalized spacial score (nSPS) is 12.0. The third-order valence-corrected chi connectivity index (χ3v) is 31.0. The largest absolute Gasteiger partial charge is 0.309 e. The highest BCUT2D eigenvalue weighted by molar-refractivity contribution is 6.22. The van der Waals surface area contributed by atoms with Gasteiger partial charge in [-0.25, -0.2) is 0 Å². The molecule has 6 heterocycles. The first-order chi connectivity index (χ1) is 72.4. The maximum atomic E-state index is 2.46. The van der Waals surface area contributed by atoms with Gasteiger partial charge in [0.05, 0.1) is 88.9 Å². The monoisotopic (exact) mass is 1850 g/mol. The Morgan fingerprint density at radius 1 is 0.0890 bits per heavy atom. The van der Waals surface area contributed by atoms with E-state index in [4.69, 9.17) is 0 Å². The Balaban J connectivity index is 0.000000102. The molecule has 26 aromatic carbocycles. The van der Waals surface area contributed by atoms with Gasteiger partial charge in [-0.15, -0.1) is 0 Å². The molecule has 678 valence electrons. The van der Waals surface area contributed by atoms with E-state index in [0.717, 1.165) is 0 Å². The van der Waals surface area contributed by atoms with Crippen molar-refractivity contribution in [3.63, 3.8) is 0 Å².